The predicted molar refractivity (Wildman–Crippen MR) is 87.0 cm³/mol. The number of benzene rings is 1. The van der Waals surface area contributed by atoms with Crippen LogP contribution in [0.2, 0.25) is 5.02 Å². The van der Waals surface area contributed by atoms with E-state index in [0.717, 1.165) is 0 Å². The number of ether oxygens (including phenoxy) is 1. The highest BCUT2D eigenvalue weighted by atomic mass is 35.5. The van der Waals surface area contributed by atoms with Gasteiger partial charge in [-0.05, 0) is 30.8 Å². The molecule has 0 saturated carbocycles. The standard InChI is InChI=1S/C16H19ClN2O3/c1-18-9-12(16(21)19(2)10-18)13(20)8-7-11-5-4-6-14(22-3)15(11)17/h4-8,20H,9-10H2,1-3H3/b8-7+,13-12?. The number of carbonyl (C=O) groups excluding carboxylic acids is 1. The zero-order valence-electron chi connectivity index (χ0n) is 12.8. The molecule has 1 aliphatic heterocycles. The van der Waals surface area contributed by atoms with Crippen LogP contribution in [-0.2, 0) is 4.79 Å². The zero-order valence-corrected chi connectivity index (χ0v) is 13.6. The molecule has 6 heteroatoms. The van der Waals surface area contributed by atoms with Crippen molar-refractivity contribution in [1.82, 2.24) is 9.80 Å². The van der Waals surface area contributed by atoms with Crippen molar-refractivity contribution in [3.05, 3.63) is 46.2 Å². The summed E-state index contributed by atoms with van der Waals surface area (Å²) < 4.78 is 5.15. The Hall–Kier alpha value is -1.98. The van der Waals surface area contributed by atoms with Gasteiger partial charge in [-0.2, -0.15) is 0 Å². The summed E-state index contributed by atoms with van der Waals surface area (Å²) in [6.45, 7) is 0.951. The predicted octanol–water partition coefficient (Wildman–Crippen LogP) is 2.54. The Labute approximate surface area is 135 Å². The number of amides is 1. The number of hydrogen-bond donors (Lipinski definition) is 1. The van der Waals surface area contributed by atoms with E-state index in [1.54, 1.807) is 37.3 Å². The van der Waals surface area contributed by atoms with E-state index in [0.29, 0.717) is 35.1 Å². The quantitative estimate of drug-likeness (QED) is 0.686. The minimum atomic E-state index is -0.169. The molecule has 1 aliphatic rings. The Morgan fingerprint density at radius 3 is 2.82 bits per heavy atom. The second-order valence-corrected chi connectivity index (χ2v) is 5.60. The Morgan fingerprint density at radius 1 is 1.41 bits per heavy atom. The van der Waals surface area contributed by atoms with E-state index < -0.39 is 0 Å². The third kappa shape index (κ3) is 3.43. The van der Waals surface area contributed by atoms with Crippen molar-refractivity contribution in [2.45, 2.75) is 0 Å². The van der Waals surface area contributed by atoms with Gasteiger partial charge in [-0.1, -0.05) is 23.7 Å². The van der Waals surface area contributed by atoms with Gasteiger partial charge in [-0.3, -0.25) is 9.69 Å². The summed E-state index contributed by atoms with van der Waals surface area (Å²) in [7, 11) is 5.13. The first-order valence-electron chi connectivity index (χ1n) is 6.80. The number of allylic oxidation sites excluding steroid dienone is 1. The molecule has 0 bridgehead atoms. The Morgan fingerprint density at radius 2 is 2.14 bits per heavy atom. The topological polar surface area (TPSA) is 53.0 Å². The van der Waals surface area contributed by atoms with Gasteiger partial charge in [-0.25, -0.2) is 0 Å². The van der Waals surface area contributed by atoms with Crippen molar-refractivity contribution < 1.29 is 14.6 Å². The van der Waals surface area contributed by atoms with Crippen LogP contribution in [0.25, 0.3) is 6.08 Å². The highest BCUT2D eigenvalue weighted by Gasteiger charge is 2.25. The third-order valence-electron chi connectivity index (χ3n) is 3.43. The lowest BCUT2D eigenvalue weighted by molar-refractivity contribution is -0.130. The van der Waals surface area contributed by atoms with Gasteiger partial charge in [0.2, 0.25) is 0 Å². The number of rotatable bonds is 3. The van der Waals surface area contributed by atoms with Crippen molar-refractivity contribution in [2.24, 2.45) is 0 Å². The zero-order chi connectivity index (χ0) is 16.3. The van der Waals surface area contributed by atoms with Gasteiger partial charge in [-0.15, -0.1) is 0 Å². The number of halogens is 1. The Kier molecular flexibility index (Phi) is 5.11. The third-order valence-corrected chi connectivity index (χ3v) is 3.83. The number of likely N-dealkylation sites (N-methyl/N-ethyl adjacent to an activating group) is 2. The van der Waals surface area contributed by atoms with Gasteiger partial charge >= 0.3 is 0 Å². The van der Waals surface area contributed by atoms with Gasteiger partial charge in [0.25, 0.3) is 5.91 Å². The van der Waals surface area contributed by atoms with Crippen molar-refractivity contribution in [3.63, 3.8) is 0 Å². The number of hydrogen-bond acceptors (Lipinski definition) is 4. The van der Waals surface area contributed by atoms with Crippen LogP contribution in [0.3, 0.4) is 0 Å². The average molecular weight is 323 g/mol. The molecule has 0 aromatic heterocycles. The average Bonchev–Trinajstić information content (AvgIpc) is 2.49. The first-order valence-corrected chi connectivity index (χ1v) is 7.18. The summed E-state index contributed by atoms with van der Waals surface area (Å²) in [5.41, 5.74) is 1.07. The van der Waals surface area contributed by atoms with Gasteiger partial charge in [0.1, 0.15) is 11.5 Å². The summed E-state index contributed by atoms with van der Waals surface area (Å²) in [4.78, 5) is 15.6. The maximum absolute atomic E-state index is 12.1. The molecular weight excluding hydrogens is 304 g/mol. The van der Waals surface area contributed by atoms with Crippen LogP contribution < -0.4 is 4.74 Å². The summed E-state index contributed by atoms with van der Waals surface area (Å²) in [5, 5.41) is 10.7. The normalized spacial score (nSPS) is 18.9. The highest BCUT2D eigenvalue weighted by Crippen LogP contribution is 2.29. The van der Waals surface area contributed by atoms with Crippen LogP contribution >= 0.6 is 11.6 Å². The molecule has 1 N–H and O–H groups in total. The summed E-state index contributed by atoms with van der Waals surface area (Å²) >= 11 is 6.20. The maximum Gasteiger partial charge on any atom is 0.255 e. The molecule has 22 heavy (non-hydrogen) atoms. The number of carbonyl (C=O) groups is 1. The van der Waals surface area contributed by atoms with Crippen LogP contribution in [0, 0.1) is 0 Å². The van der Waals surface area contributed by atoms with E-state index in [4.69, 9.17) is 16.3 Å². The lowest BCUT2D eigenvalue weighted by atomic mass is 10.1. The van der Waals surface area contributed by atoms with Crippen molar-refractivity contribution in [3.8, 4) is 5.75 Å². The number of methoxy groups -OCH3 is 1. The molecule has 1 saturated heterocycles. The minimum absolute atomic E-state index is 0.0534. The van der Waals surface area contributed by atoms with Crippen molar-refractivity contribution >= 4 is 23.6 Å². The Balaban J connectivity index is 2.29. The first kappa shape index (κ1) is 16.4. The van der Waals surface area contributed by atoms with Gasteiger partial charge in [0.05, 0.1) is 24.4 Å². The smallest absolute Gasteiger partial charge is 0.255 e. The number of aliphatic hydroxyl groups excluding tert-OH is 1. The fraction of sp³-hybridized carbons (Fsp3) is 0.312. The van der Waals surface area contributed by atoms with Crippen molar-refractivity contribution in [2.75, 3.05) is 34.4 Å². The largest absolute Gasteiger partial charge is 0.507 e. The van der Waals surface area contributed by atoms with E-state index in [1.807, 2.05) is 18.0 Å². The van der Waals surface area contributed by atoms with Gasteiger partial charge < -0.3 is 14.7 Å². The molecular formula is C16H19ClN2O3. The molecule has 1 heterocycles. The lowest BCUT2D eigenvalue weighted by Gasteiger charge is -2.31. The number of aliphatic hydroxyl groups is 1. The van der Waals surface area contributed by atoms with E-state index >= 15 is 0 Å². The van der Waals surface area contributed by atoms with Crippen LogP contribution in [0.4, 0.5) is 0 Å². The summed E-state index contributed by atoms with van der Waals surface area (Å²) in [5.74, 6) is 0.337. The Bertz CT molecular complexity index is 640. The maximum atomic E-state index is 12.1. The van der Waals surface area contributed by atoms with E-state index in [1.165, 1.54) is 6.08 Å². The molecule has 0 unspecified atom stereocenters. The second-order valence-electron chi connectivity index (χ2n) is 5.22. The molecule has 0 atom stereocenters. The SMILES string of the molecule is COc1cccc(/C=C/C(O)=C2CN(C)CN(C)C2=O)c1Cl. The molecule has 0 aliphatic carbocycles. The van der Waals surface area contributed by atoms with Crippen LogP contribution in [-0.4, -0.2) is 55.2 Å². The molecule has 5 nitrogen and oxygen atoms in total. The monoisotopic (exact) mass is 322 g/mol. The fourth-order valence-corrected chi connectivity index (χ4v) is 2.58. The van der Waals surface area contributed by atoms with Crippen LogP contribution in [0.15, 0.2) is 35.6 Å². The fourth-order valence-electron chi connectivity index (χ4n) is 2.32. The molecule has 0 radical (unpaired) electrons. The van der Waals surface area contributed by atoms with Gasteiger partial charge in [0, 0.05) is 13.6 Å². The molecule has 1 amide bonds. The van der Waals surface area contributed by atoms with Crippen LogP contribution in [0.5, 0.6) is 5.75 Å². The van der Waals surface area contributed by atoms with E-state index in [9.17, 15) is 9.90 Å². The van der Waals surface area contributed by atoms with E-state index in [2.05, 4.69) is 0 Å². The second kappa shape index (κ2) is 6.85. The number of nitrogens with zero attached hydrogens (tertiary/aromatic N) is 2. The van der Waals surface area contributed by atoms with Crippen molar-refractivity contribution in [1.29, 1.82) is 0 Å². The molecule has 1 fully saturated rings. The molecule has 2 rings (SSSR count). The molecule has 0 spiro atoms. The highest BCUT2D eigenvalue weighted by molar-refractivity contribution is 6.33. The molecule has 1 aromatic carbocycles. The van der Waals surface area contributed by atoms with Gasteiger partial charge in [0.15, 0.2) is 0 Å². The lowest BCUT2D eigenvalue weighted by Crippen LogP contribution is -2.46. The summed E-state index contributed by atoms with van der Waals surface area (Å²) in [6.07, 6.45) is 3.15. The first-order chi connectivity index (χ1) is 10.4. The molecule has 118 valence electrons. The van der Waals surface area contributed by atoms with E-state index in [-0.39, 0.29) is 11.7 Å². The van der Waals surface area contributed by atoms with Crippen LogP contribution in [0.1, 0.15) is 5.56 Å². The summed E-state index contributed by atoms with van der Waals surface area (Å²) in [6, 6.07) is 5.37. The minimum Gasteiger partial charge on any atom is -0.507 e. The molecule has 1 aromatic rings.